The highest BCUT2D eigenvalue weighted by atomic mass is 32.2. The van der Waals surface area contributed by atoms with Crippen LogP contribution in [0.4, 0.5) is 4.79 Å². The number of amides is 4. The van der Waals surface area contributed by atoms with Crippen LogP contribution in [0.3, 0.4) is 0 Å². The molecule has 54 heavy (non-hydrogen) atoms. The Labute approximate surface area is 315 Å². The van der Waals surface area contributed by atoms with Gasteiger partial charge in [0, 0.05) is 18.3 Å². The summed E-state index contributed by atoms with van der Waals surface area (Å²) in [5, 5.41) is 5.14. The zero-order chi connectivity index (χ0) is 37.8. The Morgan fingerprint density at radius 3 is 2.43 bits per heavy atom. The van der Waals surface area contributed by atoms with Crippen molar-refractivity contribution in [3.63, 3.8) is 0 Å². The van der Waals surface area contributed by atoms with Crippen molar-refractivity contribution >= 4 is 44.9 Å². The second-order valence-corrected chi connectivity index (χ2v) is 18.5. The Bertz CT molecular complexity index is 1970. The van der Waals surface area contributed by atoms with Crippen LogP contribution in [0.15, 0.2) is 36.9 Å². The molecule has 0 unspecified atom stereocenters. The highest BCUT2D eigenvalue weighted by molar-refractivity contribution is 7.91. The van der Waals surface area contributed by atoms with Gasteiger partial charge in [-0.1, -0.05) is 43.9 Å². The van der Waals surface area contributed by atoms with Crippen molar-refractivity contribution in [2.24, 2.45) is 17.8 Å². The van der Waals surface area contributed by atoms with Crippen molar-refractivity contribution in [3.05, 3.63) is 42.6 Å². The Morgan fingerprint density at radius 1 is 1.00 bits per heavy atom. The second kappa shape index (κ2) is 14.1. The van der Waals surface area contributed by atoms with Crippen molar-refractivity contribution < 1.29 is 37.1 Å². The van der Waals surface area contributed by atoms with Crippen molar-refractivity contribution in [3.8, 4) is 5.88 Å². The topological polar surface area (TPSA) is 186 Å². The number of alkyl carbamates (subject to hydrolysis) is 1. The van der Waals surface area contributed by atoms with E-state index in [-0.39, 0.29) is 31.2 Å². The van der Waals surface area contributed by atoms with Crippen molar-refractivity contribution in [1.29, 1.82) is 0 Å². The average Bonchev–Trinajstić information content (AvgIpc) is 4.09. The van der Waals surface area contributed by atoms with Gasteiger partial charge in [0.2, 0.25) is 27.7 Å². The monoisotopic (exact) mass is 762 g/mol. The van der Waals surface area contributed by atoms with Gasteiger partial charge in [0.1, 0.15) is 35.0 Å². The smallest absolute Gasteiger partial charge is 0.408 e. The van der Waals surface area contributed by atoms with E-state index in [4.69, 9.17) is 19.4 Å². The van der Waals surface area contributed by atoms with E-state index in [1.54, 1.807) is 0 Å². The maximum absolute atomic E-state index is 14.8. The minimum atomic E-state index is -3.89. The van der Waals surface area contributed by atoms with Gasteiger partial charge in [-0.15, -0.1) is 6.58 Å². The SMILES string of the molecule is C=C[C@@H]1C[C@]1(NC(=O)[C@@H]1C[C@@H]2CN1C(=O)[C@H](C1CCCC1)NC(=O)O[C@]1(C)C[C@H]1CCCCCc1nc3ccccc3nc1O2)C(=O)NS(=O)(=O)C1CC1. The fourth-order valence-electron chi connectivity index (χ4n) is 8.87. The summed E-state index contributed by atoms with van der Waals surface area (Å²) in [4.78, 5) is 67.4. The number of rotatable bonds is 7. The van der Waals surface area contributed by atoms with Gasteiger partial charge in [0.25, 0.3) is 5.91 Å². The van der Waals surface area contributed by atoms with E-state index in [0.717, 1.165) is 63.3 Å². The minimum Gasteiger partial charge on any atom is -0.471 e. The Balaban J connectivity index is 1.12. The van der Waals surface area contributed by atoms with Crippen LogP contribution in [0, 0.1) is 17.8 Å². The van der Waals surface area contributed by atoms with E-state index in [9.17, 15) is 27.6 Å². The highest BCUT2D eigenvalue weighted by Crippen LogP contribution is 2.50. The van der Waals surface area contributed by atoms with Crippen LogP contribution in [0.25, 0.3) is 11.0 Å². The minimum absolute atomic E-state index is 0.0186. The molecule has 2 bridgehead atoms. The van der Waals surface area contributed by atoms with Gasteiger partial charge in [-0.05, 0) is 82.8 Å². The molecule has 7 atom stereocenters. The molecule has 4 saturated carbocycles. The lowest BCUT2D eigenvalue weighted by Gasteiger charge is -2.32. The number of fused-ring (bicyclic) bond motifs is 5. The number of aryl methyl sites for hydroxylation is 1. The van der Waals surface area contributed by atoms with Crippen LogP contribution in [-0.2, 0) is 35.6 Å². The lowest BCUT2D eigenvalue weighted by molar-refractivity contribution is -0.142. The van der Waals surface area contributed by atoms with E-state index in [2.05, 4.69) is 21.9 Å². The molecule has 4 aliphatic carbocycles. The summed E-state index contributed by atoms with van der Waals surface area (Å²) >= 11 is 0. The lowest BCUT2D eigenvalue weighted by Crippen LogP contribution is -2.59. The number of aromatic nitrogens is 2. The lowest BCUT2D eigenvalue weighted by atomic mass is 9.96. The summed E-state index contributed by atoms with van der Waals surface area (Å²) < 4.78 is 40.3. The predicted molar refractivity (Wildman–Crippen MR) is 197 cm³/mol. The summed E-state index contributed by atoms with van der Waals surface area (Å²) in [5.41, 5.74) is -0.0130. The first kappa shape index (κ1) is 36.7. The van der Waals surface area contributed by atoms with Gasteiger partial charge < -0.3 is 25.0 Å². The Kier molecular flexibility index (Phi) is 9.58. The van der Waals surface area contributed by atoms with Gasteiger partial charge in [-0.2, -0.15) is 0 Å². The summed E-state index contributed by atoms with van der Waals surface area (Å²) in [5.74, 6) is -1.92. The maximum atomic E-state index is 14.8. The molecular formula is C39H50N6O8S. The molecule has 0 radical (unpaired) electrons. The van der Waals surface area contributed by atoms with Gasteiger partial charge in [-0.3, -0.25) is 19.1 Å². The standard InChI is InChI=1S/C39H50N6O8S/c1-3-24-21-39(24,36(48)44-54(50,51)27-17-18-27)43-33(46)31-19-26-22-45(31)35(47)32(23-11-7-8-12-23)42-37(49)53-38(2)20-25(38)13-5-4-6-16-30-34(52-26)41-29-15-10-9-14-28(29)40-30/h3,9-10,14-15,23-27,31-32H,1,4-8,11-13,16-22H2,2H3,(H,42,49)(H,43,46)(H,44,48)/t24-,25-,26-,31+,32+,38-,39-/m1/s1. The van der Waals surface area contributed by atoms with Gasteiger partial charge in [0.05, 0.1) is 22.8 Å². The number of hydrogen-bond donors (Lipinski definition) is 3. The van der Waals surface area contributed by atoms with Crippen LogP contribution in [-0.4, -0.2) is 88.2 Å². The highest BCUT2D eigenvalue weighted by Gasteiger charge is 2.62. The first-order valence-corrected chi connectivity index (χ1v) is 21.2. The van der Waals surface area contributed by atoms with Crippen LogP contribution in [0.5, 0.6) is 5.88 Å². The molecule has 8 rings (SSSR count). The number of hydrogen-bond acceptors (Lipinski definition) is 10. The van der Waals surface area contributed by atoms with Crippen molar-refractivity contribution in [2.75, 3.05) is 6.54 Å². The van der Waals surface area contributed by atoms with E-state index in [0.29, 0.717) is 36.4 Å². The maximum Gasteiger partial charge on any atom is 0.408 e. The number of nitrogens with one attached hydrogen (secondary N) is 3. The molecule has 0 spiro atoms. The normalized spacial score (nSPS) is 33.2. The molecule has 5 fully saturated rings. The first-order valence-electron chi connectivity index (χ1n) is 19.6. The summed E-state index contributed by atoms with van der Waals surface area (Å²) in [6, 6.07) is 5.53. The first-order chi connectivity index (χ1) is 25.9. The quantitative estimate of drug-likeness (QED) is 0.350. The fraction of sp³-hybridized carbons (Fsp3) is 0.641. The number of para-hydroxylation sites is 2. The number of benzene rings is 1. The number of nitrogens with zero attached hydrogens (tertiary/aromatic N) is 3. The molecule has 1 saturated heterocycles. The van der Waals surface area contributed by atoms with Gasteiger partial charge >= 0.3 is 6.09 Å². The van der Waals surface area contributed by atoms with Gasteiger partial charge in [0.15, 0.2) is 0 Å². The molecule has 290 valence electrons. The average molecular weight is 763 g/mol. The number of carbonyl (C=O) groups is 4. The predicted octanol–water partition coefficient (Wildman–Crippen LogP) is 3.83. The molecule has 15 heteroatoms. The largest absolute Gasteiger partial charge is 0.471 e. The van der Waals surface area contributed by atoms with Gasteiger partial charge in [-0.25, -0.2) is 23.2 Å². The Morgan fingerprint density at radius 2 is 1.72 bits per heavy atom. The number of carbonyl (C=O) groups excluding carboxylic acids is 4. The molecule has 3 heterocycles. The van der Waals surface area contributed by atoms with E-state index in [1.165, 1.54) is 11.0 Å². The summed E-state index contributed by atoms with van der Waals surface area (Å²) in [6.07, 6.45) is 9.77. The molecule has 14 nitrogen and oxygen atoms in total. The van der Waals surface area contributed by atoms with E-state index >= 15 is 0 Å². The van der Waals surface area contributed by atoms with Crippen LogP contribution < -0.4 is 20.1 Å². The third-order valence-corrected chi connectivity index (χ3v) is 14.4. The van der Waals surface area contributed by atoms with Crippen molar-refractivity contribution in [2.45, 2.75) is 131 Å². The van der Waals surface area contributed by atoms with E-state index < -0.39 is 74.3 Å². The van der Waals surface area contributed by atoms with Crippen LogP contribution in [0.2, 0.25) is 0 Å². The molecule has 2 aliphatic heterocycles. The molecule has 1 aromatic heterocycles. The number of ether oxygens (including phenoxy) is 2. The fourth-order valence-corrected chi connectivity index (χ4v) is 10.2. The molecule has 3 N–H and O–H groups in total. The summed E-state index contributed by atoms with van der Waals surface area (Å²) in [7, 11) is -3.89. The molecular weight excluding hydrogens is 713 g/mol. The third-order valence-electron chi connectivity index (χ3n) is 12.5. The number of sulfonamides is 1. The van der Waals surface area contributed by atoms with Crippen molar-refractivity contribution in [1.82, 2.24) is 30.2 Å². The Hall–Kier alpha value is -4.27. The zero-order valence-corrected chi connectivity index (χ0v) is 31.6. The van der Waals surface area contributed by atoms with Crippen LogP contribution >= 0.6 is 0 Å². The van der Waals surface area contributed by atoms with Crippen LogP contribution in [0.1, 0.15) is 96.1 Å². The second-order valence-electron chi connectivity index (χ2n) is 16.5. The van der Waals surface area contributed by atoms with E-state index in [1.807, 2.05) is 31.2 Å². The molecule has 1 aromatic carbocycles. The third kappa shape index (κ3) is 7.27. The molecule has 4 amide bonds. The molecule has 2 aromatic rings. The zero-order valence-electron chi connectivity index (χ0n) is 30.8. The summed E-state index contributed by atoms with van der Waals surface area (Å²) in [6.45, 7) is 5.77. The molecule has 6 aliphatic rings.